The number of rotatable bonds is 1. The Balaban J connectivity index is 1.60. The van der Waals surface area contributed by atoms with Gasteiger partial charge in [0.05, 0.1) is 11.5 Å². The summed E-state index contributed by atoms with van der Waals surface area (Å²) in [5.41, 5.74) is -0.717. The average Bonchev–Trinajstić information content (AvgIpc) is 2.71. The number of allylic oxidation sites excluding steroid dienone is 2. The van der Waals surface area contributed by atoms with E-state index in [0.717, 1.165) is 38.5 Å². The molecular weight excluding hydrogens is 415 g/mol. The van der Waals surface area contributed by atoms with Crippen molar-refractivity contribution in [1.29, 1.82) is 0 Å². The van der Waals surface area contributed by atoms with E-state index in [1.807, 2.05) is 0 Å². The van der Waals surface area contributed by atoms with Crippen molar-refractivity contribution < 1.29 is 19.4 Å². The first kappa shape index (κ1) is 23.8. The highest BCUT2D eigenvalue weighted by Crippen LogP contribution is 2.75. The molecule has 9 atom stereocenters. The molecule has 5 rings (SSSR count). The summed E-state index contributed by atoms with van der Waals surface area (Å²) in [5, 5.41) is 21.2. The Kier molecular flexibility index (Phi) is 4.95. The molecule has 5 aliphatic rings. The van der Waals surface area contributed by atoms with Crippen molar-refractivity contribution >= 4 is 5.97 Å². The molecule has 4 saturated carbocycles. The topological polar surface area (TPSA) is 57.5 Å². The molecule has 3 unspecified atom stereocenters. The molecule has 2 N–H and O–H groups in total. The van der Waals surface area contributed by atoms with Crippen molar-refractivity contribution in [3.05, 3.63) is 11.6 Å². The summed E-state index contributed by atoms with van der Waals surface area (Å²) in [6, 6.07) is 0. The van der Waals surface area contributed by atoms with Crippen molar-refractivity contribution in [3.8, 4) is 0 Å². The highest BCUT2D eigenvalue weighted by Gasteiger charge is 2.69. The Morgan fingerprint density at radius 1 is 0.939 bits per heavy atom. The van der Waals surface area contributed by atoms with Gasteiger partial charge in [0, 0.05) is 0 Å². The van der Waals surface area contributed by atoms with Gasteiger partial charge in [-0.3, -0.25) is 4.79 Å². The fraction of sp³-hybridized carbons (Fsp3) is 0.897. The quantitative estimate of drug-likeness (QED) is 0.417. The zero-order chi connectivity index (χ0) is 24.2. The summed E-state index contributed by atoms with van der Waals surface area (Å²) < 4.78 is 15.3. The smallest absolute Gasteiger partial charge is 0.310 e. The number of halogens is 1. The van der Waals surface area contributed by atoms with Gasteiger partial charge in [0.25, 0.3) is 0 Å². The van der Waals surface area contributed by atoms with Crippen LogP contribution in [0.25, 0.3) is 0 Å². The fourth-order valence-electron chi connectivity index (χ4n) is 10.4. The molecule has 0 aromatic rings. The van der Waals surface area contributed by atoms with Crippen molar-refractivity contribution in [3.63, 3.8) is 0 Å². The van der Waals surface area contributed by atoms with Gasteiger partial charge in [-0.1, -0.05) is 46.3 Å². The molecule has 0 aromatic heterocycles. The molecule has 0 bridgehead atoms. The maximum atomic E-state index is 15.3. The number of fused-ring (bicyclic) bond motifs is 7. The van der Waals surface area contributed by atoms with Crippen LogP contribution in [-0.4, -0.2) is 28.0 Å². The minimum absolute atomic E-state index is 0.0789. The third-order valence-electron chi connectivity index (χ3n) is 12.8. The Labute approximate surface area is 199 Å². The summed E-state index contributed by atoms with van der Waals surface area (Å²) in [5.74, 6) is 0.111. The highest BCUT2D eigenvalue weighted by molar-refractivity contribution is 5.76. The SMILES string of the molecule is CC1(C)C2CC[C@]3(C)C(CC=C4C5C[C@@](C)(F)CC[C@]5(C(=O)O)CC[C@]43C)[C@@]2(C)CC[C@@H]1O. The van der Waals surface area contributed by atoms with Crippen molar-refractivity contribution in [2.75, 3.05) is 0 Å². The van der Waals surface area contributed by atoms with Gasteiger partial charge in [0.2, 0.25) is 0 Å². The Morgan fingerprint density at radius 2 is 1.61 bits per heavy atom. The van der Waals surface area contributed by atoms with Crippen LogP contribution in [0.2, 0.25) is 0 Å². The van der Waals surface area contributed by atoms with Crippen LogP contribution in [0, 0.1) is 44.8 Å². The largest absolute Gasteiger partial charge is 0.481 e. The van der Waals surface area contributed by atoms with Gasteiger partial charge in [0.15, 0.2) is 0 Å². The van der Waals surface area contributed by atoms with Crippen molar-refractivity contribution in [2.45, 2.75) is 118 Å². The number of carboxylic acid groups (broad SMARTS) is 1. The van der Waals surface area contributed by atoms with E-state index in [-0.39, 0.29) is 33.7 Å². The molecule has 33 heavy (non-hydrogen) atoms. The third-order valence-corrected chi connectivity index (χ3v) is 12.8. The molecule has 0 amide bonds. The molecule has 0 aromatic carbocycles. The second kappa shape index (κ2) is 6.86. The van der Waals surface area contributed by atoms with E-state index < -0.39 is 17.1 Å². The monoisotopic (exact) mass is 460 g/mol. The predicted molar refractivity (Wildman–Crippen MR) is 128 cm³/mol. The predicted octanol–water partition coefficient (Wildman–Crippen LogP) is 6.94. The number of carbonyl (C=O) groups is 1. The number of aliphatic hydroxyl groups excluding tert-OH is 1. The lowest BCUT2D eigenvalue weighted by atomic mass is 9.33. The maximum absolute atomic E-state index is 15.3. The third kappa shape index (κ3) is 2.85. The van der Waals surface area contributed by atoms with E-state index in [1.165, 1.54) is 5.57 Å². The summed E-state index contributed by atoms with van der Waals surface area (Å²) in [7, 11) is 0. The van der Waals surface area contributed by atoms with Gasteiger partial charge < -0.3 is 10.2 Å². The van der Waals surface area contributed by atoms with Crippen molar-refractivity contribution in [1.82, 2.24) is 0 Å². The molecule has 0 heterocycles. The van der Waals surface area contributed by atoms with E-state index in [4.69, 9.17) is 0 Å². The average molecular weight is 461 g/mol. The Morgan fingerprint density at radius 3 is 2.27 bits per heavy atom. The van der Waals surface area contributed by atoms with Gasteiger partial charge in [-0.15, -0.1) is 0 Å². The first-order chi connectivity index (χ1) is 15.1. The lowest BCUT2D eigenvalue weighted by molar-refractivity contribution is -0.205. The highest BCUT2D eigenvalue weighted by atomic mass is 19.1. The van der Waals surface area contributed by atoms with E-state index in [9.17, 15) is 15.0 Å². The summed E-state index contributed by atoms with van der Waals surface area (Å²) in [4.78, 5) is 12.6. The minimum atomic E-state index is -1.28. The van der Waals surface area contributed by atoms with E-state index in [1.54, 1.807) is 6.92 Å². The maximum Gasteiger partial charge on any atom is 0.310 e. The number of hydrogen-bond donors (Lipinski definition) is 2. The van der Waals surface area contributed by atoms with Crippen LogP contribution in [-0.2, 0) is 4.79 Å². The lowest BCUT2D eigenvalue weighted by Crippen LogP contribution is -2.65. The molecular formula is C29H45FO3. The number of alkyl halides is 1. The first-order valence-corrected chi connectivity index (χ1v) is 13.5. The van der Waals surface area contributed by atoms with Crippen LogP contribution in [0.5, 0.6) is 0 Å². The van der Waals surface area contributed by atoms with Crippen LogP contribution in [0.3, 0.4) is 0 Å². The molecule has 186 valence electrons. The van der Waals surface area contributed by atoms with E-state index in [0.29, 0.717) is 37.5 Å². The zero-order valence-corrected chi connectivity index (χ0v) is 21.6. The second-order valence-electron chi connectivity index (χ2n) is 14.3. The molecule has 4 heteroatoms. The molecule has 0 spiro atoms. The number of carboxylic acids is 1. The standard InChI is InChI=1S/C29H45FO3/c1-24(2)20-9-12-28(6)21(26(20,4)11-10-22(24)31)8-7-18-19-17-25(3,30)13-15-29(19,23(32)33)16-14-27(18,28)5/h7,19-22,31H,8-17H2,1-6H3,(H,32,33)/t19?,20?,21?,22-,25-,26-,27+,28+,29-/m0/s1. The van der Waals surface area contributed by atoms with Crippen LogP contribution in [0.1, 0.15) is 106 Å². The van der Waals surface area contributed by atoms with E-state index >= 15 is 4.39 Å². The van der Waals surface area contributed by atoms with Gasteiger partial charge in [-0.25, -0.2) is 4.39 Å². The van der Waals surface area contributed by atoms with Crippen LogP contribution in [0.15, 0.2) is 11.6 Å². The molecule has 0 saturated heterocycles. The molecule has 0 aliphatic heterocycles. The number of hydrogen-bond acceptors (Lipinski definition) is 2. The van der Waals surface area contributed by atoms with Crippen LogP contribution >= 0.6 is 0 Å². The van der Waals surface area contributed by atoms with Crippen LogP contribution < -0.4 is 0 Å². The Bertz CT molecular complexity index is 891. The minimum Gasteiger partial charge on any atom is -0.481 e. The fourth-order valence-corrected chi connectivity index (χ4v) is 10.4. The molecule has 3 nitrogen and oxygen atoms in total. The number of aliphatic hydroxyl groups is 1. The lowest BCUT2D eigenvalue weighted by Gasteiger charge is -2.71. The van der Waals surface area contributed by atoms with Crippen LogP contribution in [0.4, 0.5) is 4.39 Å². The summed E-state index contributed by atoms with van der Waals surface area (Å²) >= 11 is 0. The van der Waals surface area contributed by atoms with Crippen molar-refractivity contribution in [2.24, 2.45) is 44.8 Å². The summed E-state index contributed by atoms with van der Waals surface area (Å²) in [6.07, 6.45) is 10.0. The second-order valence-corrected chi connectivity index (χ2v) is 14.3. The van der Waals surface area contributed by atoms with Gasteiger partial charge in [-0.05, 0) is 111 Å². The van der Waals surface area contributed by atoms with E-state index in [2.05, 4.69) is 40.7 Å². The molecule has 5 aliphatic carbocycles. The van der Waals surface area contributed by atoms with Gasteiger partial charge in [-0.2, -0.15) is 0 Å². The van der Waals surface area contributed by atoms with Gasteiger partial charge >= 0.3 is 5.97 Å². The first-order valence-electron chi connectivity index (χ1n) is 13.5. The summed E-state index contributed by atoms with van der Waals surface area (Å²) in [6.45, 7) is 13.6. The number of aliphatic carboxylic acids is 1. The normalized spacial score (nSPS) is 55.3. The Hall–Kier alpha value is -0.900. The van der Waals surface area contributed by atoms with Gasteiger partial charge in [0.1, 0.15) is 5.67 Å². The zero-order valence-electron chi connectivity index (χ0n) is 21.6. The molecule has 0 radical (unpaired) electrons. The molecule has 4 fully saturated rings.